The Morgan fingerprint density at radius 3 is 2.88 bits per heavy atom. The zero-order valence-electron chi connectivity index (χ0n) is 14.7. The van der Waals surface area contributed by atoms with Crippen LogP contribution in [0.4, 0.5) is 0 Å². The molecule has 0 spiro atoms. The Balaban J connectivity index is 1.63. The van der Waals surface area contributed by atoms with Gasteiger partial charge in [0.2, 0.25) is 0 Å². The van der Waals surface area contributed by atoms with Crippen molar-refractivity contribution in [2.45, 2.75) is 52.1 Å². The topological polar surface area (TPSA) is 39.2 Å². The average molecular weight is 325 g/mol. The third-order valence-corrected chi connectivity index (χ3v) is 6.50. The number of pyridine rings is 1. The van der Waals surface area contributed by atoms with Crippen LogP contribution in [-0.4, -0.2) is 17.1 Å². The molecule has 2 saturated carbocycles. The van der Waals surface area contributed by atoms with Crippen LogP contribution in [0.2, 0.25) is 0 Å². The molecule has 128 valence electrons. The summed E-state index contributed by atoms with van der Waals surface area (Å²) in [6.45, 7) is 4.14. The van der Waals surface area contributed by atoms with Crippen molar-refractivity contribution < 1.29 is 9.53 Å². The molecule has 1 aromatic rings. The van der Waals surface area contributed by atoms with Crippen LogP contribution >= 0.6 is 0 Å². The van der Waals surface area contributed by atoms with Gasteiger partial charge in [-0.05, 0) is 62.1 Å². The normalized spacial score (nSPS) is 38.7. The molecule has 2 heterocycles. The molecule has 2 aliphatic carbocycles. The minimum absolute atomic E-state index is 0.0448. The van der Waals surface area contributed by atoms with Crippen molar-refractivity contribution in [2.75, 3.05) is 0 Å². The second-order valence-corrected chi connectivity index (χ2v) is 7.97. The van der Waals surface area contributed by atoms with Crippen LogP contribution < -0.4 is 0 Å². The Labute approximate surface area is 144 Å². The van der Waals surface area contributed by atoms with Crippen LogP contribution in [0, 0.1) is 36.5 Å². The van der Waals surface area contributed by atoms with Gasteiger partial charge in [0.15, 0.2) is 0 Å². The lowest BCUT2D eigenvalue weighted by Gasteiger charge is -2.45. The second kappa shape index (κ2) is 6.34. The summed E-state index contributed by atoms with van der Waals surface area (Å²) in [6.07, 6.45) is 12.7. The molecular weight excluding hydrogens is 298 g/mol. The standard InChI is InChI=1S/C21H27NO2/c1-13-7-8-16(22-12-13)9-10-18-17-6-4-3-5-15(17)11-19-20(18)14(2)24-21(19)23/h7-10,12,14-15,17-20H,3-6,11H2,1-2H3/b10-9+/t14-,15+,17-,18+,19-,20+/m1/s1. The molecule has 6 atom stereocenters. The molecule has 24 heavy (non-hydrogen) atoms. The van der Waals surface area contributed by atoms with Crippen molar-refractivity contribution in [3.63, 3.8) is 0 Å². The smallest absolute Gasteiger partial charge is 0.309 e. The van der Waals surface area contributed by atoms with Gasteiger partial charge in [0.25, 0.3) is 0 Å². The van der Waals surface area contributed by atoms with E-state index in [1.807, 2.05) is 6.20 Å². The minimum atomic E-state index is 0.0448. The van der Waals surface area contributed by atoms with Gasteiger partial charge in [0.05, 0.1) is 11.6 Å². The van der Waals surface area contributed by atoms with Gasteiger partial charge in [0, 0.05) is 12.1 Å². The molecule has 3 fully saturated rings. The van der Waals surface area contributed by atoms with Crippen LogP contribution in [0.15, 0.2) is 24.4 Å². The number of allylic oxidation sites excluding steroid dienone is 1. The van der Waals surface area contributed by atoms with E-state index in [-0.39, 0.29) is 18.0 Å². The Morgan fingerprint density at radius 2 is 2.08 bits per heavy atom. The number of carbonyl (C=O) groups is 1. The molecule has 1 aliphatic heterocycles. The summed E-state index contributed by atoms with van der Waals surface area (Å²) in [4.78, 5) is 16.8. The molecular formula is C21H27NO2. The van der Waals surface area contributed by atoms with Crippen molar-refractivity contribution in [1.29, 1.82) is 0 Å². The van der Waals surface area contributed by atoms with Gasteiger partial charge in [0.1, 0.15) is 6.10 Å². The third kappa shape index (κ3) is 2.78. The molecule has 1 aromatic heterocycles. The van der Waals surface area contributed by atoms with Crippen molar-refractivity contribution >= 4 is 12.0 Å². The van der Waals surface area contributed by atoms with Crippen LogP contribution in [0.3, 0.4) is 0 Å². The highest BCUT2D eigenvalue weighted by Gasteiger charge is 2.53. The van der Waals surface area contributed by atoms with E-state index in [9.17, 15) is 4.79 Å². The van der Waals surface area contributed by atoms with E-state index in [1.165, 1.54) is 31.2 Å². The fourth-order valence-corrected chi connectivity index (χ4v) is 5.37. The number of nitrogens with zero attached hydrogens (tertiary/aromatic N) is 1. The van der Waals surface area contributed by atoms with Gasteiger partial charge in [-0.1, -0.05) is 31.4 Å². The highest BCUT2D eigenvalue weighted by Crippen LogP contribution is 2.53. The first-order valence-electron chi connectivity index (χ1n) is 9.45. The maximum atomic E-state index is 12.3. The summed E-state index contributed by atoms with van der Waals surface area (Å²) in [7, 11) is 0. The van der Waals surface area contributed by atoms with Gasteiger partial charge in [-0.15, -0.1) is 0 Å². The minimum Gasteiger partial charge on any atom is -0.462 e. The third-order valence-electron chi connectivity index (χ3n) is 6.50. The maximum absolute atomic E-state index is 12.3. The maximum Gasteiger partial charge on any atom is 0.309 e. The number of ether oxygens (including phenoxy) is 1. The van der Waals surface area contributed by atoms with Crippen molar-refractivity contribution in [3.8, 4) is 0 Å². The predicted molar refractivity (Wildman–Crippen MR) is 94.1 cm³/mol. The van der Waals surface area contributed by atoms with E-state index in [2.05, 4.69) is 43.1 Å². The highest BCUT2D eigenvalue weighted by atomic mass is 16.6. The number of rotatable bonds is 2. The number of hydrogen-bond donors (Lipinski definition) is 0. The SMILES string of the molecule is Cc1ccc(/C=C/[C@H]2[C@@H]3CCCC[C@H]3C[C@H]3C(=O)O[C@H](C)[C@@H]23)nc1. The van der Waals surface area contributed by atoms with Gasteiger partial charge in [-0.25, -0.2) is 0 Å². The van der Waals surface area contributed by atoms with Crippen molar-refractivity contribution in [3.05, 3.63) is 35.7 Å². The van der Waals surface area contributed by atoms with Crippen molar-refractivity contribution in [2.24, 2.45) is 29.6 Å². The number of carbonyl (C=O) groups excluding carboxylic acids is 1. The van der Waals surface area contributed by atoms with E-state index >= 15 is 0 Å². The molecule has 0 N–H and O–H groups in total. The molecule has 4 rings (SSSR count). The Hall–Kier alpha value is -1.64. The Bertz CT molecular complexity index is 636. The molecule has 0 aromatic carbocycles. The molecule has 3 heteroatoms. The predicted octanol–water partition coefficient (Wildman–Crippen LogP) is 4.41. The van der Waals surface area contributed by atoms with E-state index in [0.717, 1.165) is 12.1 Å². The summed E-state index contributed by atoms with van der Waals surface area (Å²) >= 11 is 0. The molecule has 0 unspecified atom stereocenters. The van der Waals surface area contributed by atoms with Gasteiger partial charge < -0.3 is 4.74 Å². The first-order chi connectivity index (χ1) is 11.6. The van der Waals surface area contributed by atoms with Crippen LogP contribution in [0.1, 0.15) is 50.3 Å². The number of cyclic esters (lactones) is 1. The van der Waals surface area contributed by atoms with Gasteiger partial charge in [-0.2, -0.15) is 0 Å². The largest absolute Gasteiger partial charge is 0.462 e. The van der Waals surface area contributed by atoms with E-state index in [4.69, 9.17) is 4.74 Å². The van der Waals surface area contributed by atoms with E-state index < -0.39 is 0 Å². The van der Waals surface area contributed by atoms with Gasteiger partial charge in [-0.3, -0.25) is 9.78 Å². The zero-order chi connectivity index (χ0) is 16.7. The molecule has 0 amide bonds. The van der Waals surface area contributed by atoms with Crippen LogP contribution in [-0.2, 0) is 9.53 Å². The first kappa shape index (κ1) is 15.9. The molecule has 3 aliphatic rings. The Kier molecular flexibility index (Phi) is 4.19. The summed E-state index contributed by atoms with van der Waals surface area (Å²) in [5, 5.41) is 0. The number of fused-ring (bicyclic) bond motifs is 2. The summed E-state index contributed by atoms with van der Waals surface area (Å²) in [5.41, 5.74) is 2.19. The average Bonchev–Trinajstić information content (AvgIpc) is 2.87. The van der Waals surface area contributed by atoms with Crippen molar-refractivity contribution in [1.82, 2.24) is 4.98 Å². The van der Waals surface area contributed by atoms with Crippen LogP contribution in [0.5, 0.6) is 0 Å². The van der Waals surface area contributed by atoms with Crippen LogP contribution in [0.25, 0.3) is 6.08 Å². The summed E-state index contributed by atoms with van der Waals surface area (Å²) < 4.78 is 5.62. The highest BCUT2D eigenvalue weighted by molar-refractivity contribution is 5.75. The zero-order valence-corrected chi connectivity index (χ0v) is 14.7. The first-order valence-corrected chi connectivity index (χ1v) is 9.45. The monoisotopic (exact) mass is 325 g/mol. The Morgan fingerprint density at radius 1 is 1.25 bits per heavy atom. The quantitative estimate of drug-likeness (QED) is 0.756. The number of aromatic nitrogens is 1. The number of aryl methyl sites for hydroxylation is 1. The fourth-order valence-electron chi connectivity index (χ4n) is 5.37. The molecule has 1 saturated heterocycles. The van der Waals surface area contributed by atoms with Gasteiger partial charge >= 0.3 is 5.97 Å². The summed E-state index contributed by atoms with van der Waals surface area (Å²) in [6, 6.07) is 4.18. The lowest BCUT2D eigenvalue weighted by atomic mass is 9.57. The number of esters is 1. The fraction of sp³-hybridized carbons (Fsp3) is 0.619. The summed E-state index contributed by atoms with van der Waals surface area (Å²) in [5.74, 6) is 2.35. The molecule has 0 radical (unpaired) electrons. The number of hydrogen-bond acceptors (Lipinski definition) is 3. The lowest BCUT2D eigenvalue weighted by molar-refractivity contribution is -0.144. The van der Waals surface area contributed by atoms with E-state index in [1.54, 1.807) is 0 Å². The molecule has 0 bridgehead atoms. The molecule has 3 nitrogen and oxygen atoms in total. The van der Waals surface area contributed by atoms with E-state index in [0.29, 0.717) is 23.7 Å². The second-order valence-electron chi connectivity index (χ2n) is 7.97. The lowest BCUT2D eigenvalue weighted by Crippen LogP contribution is -2.42.